The SMILES string of the molecule is CC1CCC(Nc2cc3[nH]c(=O)oc3cc2N)CC1. The molecular formula is C14H19N3O2. The summed E-state index contributed by atoms with van der Waals surface area (Å²) in [6.45, 7) is 2.30. The average molecular weight is 261 g/mol. The molecule has 1 aromatic carbocycles. The molecule has 0 unspecified atom stereocenters. The summed E-state index contributed by atoms with van der Waals surface area (Å²) in [7, 11) is 0. The Morgan fingerprint density at radius 1 is 1.32 bits per heavy atom. The molecular weight excluding hydrogens is 242 g/mol. The van der Waals surface area contributed by atoms with Gasteiger partial charge in [-0.3, -0.25) is 4.98 Å². The molecule has 19 heavy (non-hydrogen) atoms. The van der Waals surface area contributed by atoms with Crippen molar-refractivity contribution in [3.8, 4) is 0 Å². The van der Waals surface area contributed by atoms with Crippen LogP contribution in [0.4, 0.5) is 11.4 Å². The number of hydrogen-bond acceptors (Lipinski definition) is 4. The van der Waals surface area contributed by atoms with Crippen LogP contribution in [0.2, 0.25) is 0 Å². The second-order valence-electron chi connectivity index (χ2n) is 5.55. The van der Waals surface area contributed by atoms with Gasteiger partial charge in [-0.1, -0.05) is 6.92 Å². The minimum Gasteiger partial charge on any atom is -0.408 e. The van der Waals surface area contributed by atoms with E-state index in [1.54, 1.807) is 6.07 Å². The molecule has 5 nitrogen and oxygen atoms in total. The number of H-pyrrole nitrogens is 1. The first-order valence-electron chi connectivity index (χ1n) is 6.80. The zero-order valence-electron chi connectivity index (χ0n) is 11.0. The predicted molar refractivity (Wildman–Crippen MR) is 76.3 cm³/mol. The summed E-state index contributed by atoms with van der Waals surface area (Å²) in [5, 5.41) is 3.48. The van der Waals surface area contributed by atoms with E-state index >= 15 is 0 Å². The molecule has 0 atom stereocenters. The van der Waals surface area contributed by atoms with Gasteiger partial charge in [-0.25, -0.2) is 4.79 Å². The van der Waals surface area contributed by atoms with Gasteiger partial charge in [0.1, 0.15) is 0 Å². The molecule has 1 aliphatic carbocycles. The van der Waals surface area contributed by atoms with Crippen LogP contribution in [-0.2, 0) is 0 Å². The van der Waals surface area contributed by atoms with Crippen molar-refractivity contribution >= 4 is 22.5 Å². The molecule has 1 aliphatic rings. The Morgan fingerprint density at radius 3 is 2.79 bits per heavy atom. The van der Waals surface area contributed by atoms with Gasteiger partial charge in [-0.05, 0) is 37.7 Å². The lowest BCUT2D eigenvalue weighted by Crippen LogP contribution is -2.25. The fraction of sp³-hybridized carbons (Fsp3) is 0.500. The molecule has 0 spiro atoms. The zero-order valence-corrected chi connectivity index (χ0v) is 11.0. The number of fused-ring (bicyclic) bond motifs is 1. The summed E-state index contributed by atoms with van der Waals surface area (Å²) in [5.74, 6) is 0.376. The van der Waals surface area contributed by atoms with Gasteiger partial charge in [-0.15, -0.1) is 0 Å². The summed E-state index contributed by atoms with van der Waals surface area (Å²) in [6, 6.07) is 4.02. The molecule has 1 aromatic heterocycles. The van der Waals surface area contributed by atoms with Crippen LogP contribution < -0.4 is 16.8 Å². The highest BCUT2D eigenvalue weighted by molar-refractivity contribution is 5.85. The smallest absolute Gasteiger partial charge is 0.408 e. The van der Waals surface area contributed by atoms with E-state index in [0.29, 0.717) is 22.8 Å². The second kappa shape index (κ2) is 4.64. The standard InChI is InChI=1S/C14H19N3O2/c1-8-2-4-9(5-3-8)16-11-7-12-13(6-10(11)15)19-14(18)17-12/h6-9,16H,2-5,15H2,1H3,(H,17,18). The van der Waals surface area contributed by atoms with E-state index in [1.807, 2.05) is 6.07 Å². The van der Waals surface area contributed by atoms with Gasteiger partial charge in [0.15, 0.2) is 5.58 Å². The molecule has 1 heterocycles. The topological polar surface area (TPSA) is 84.0 Å². The first-order chi connectivity index (χ1) is 9.11. The fourth-order valence-electron chi connectivity index (χ4n) is 2.76. The van der Waals surface area contributed by atoms with Crippen LogP contribution in [0.3, 0.4) is 0 Å². The molecule has 1 fully saturated rings. The van der Waals surface area contributed by atoms with Crippen LogP contribution in [0.1, 0.15) is 32.6 Å². The minimum atomic E-state index is -0.446. The van der Waals surface area contributed by atoms with Crippen molar-refractivity contribution in [2.75, 3.05) is 11.1 Å². The molecule has 1 saturated carbocycles. The van der Waals surface area contributed by atoms with Gasteiger partial charge in [0.25, 0.3) is 0 Å². The Hall–Kier alpha value is -1.91. The van der Waals surface area contributed by atoms with E-state index in [0.717, 1.165) is 11.6 Å². The molecule has 0 amide bonds. The fourth-order valence-corrected chi connectivity index (χ4v) is 2.76. The van der Waals surface area contributed by atoms with E-state index in [9.17, 15) is 4.79 Å². The van der Waals surface area contributed by atoms with E-state index in [-0.39, 0.29) is 0 Å². The normalized spacial score (nSPS) is 23.6. The molecule has 0 radical (unpaired) electrons. The van der Waals surface area contributed by atoms with Crippen molar-refractivity contribution in [1.29, 1.82) is 0 Å². The Kier molecular flexibility index (Phi) is 2.97. The number of benzene rings is 1. The number of nitrogens with one attached hydrogen (secondary N) is 2. The average Bonchev–Trinajstić information content (AvgIpc) is 2.72. The number of oxazole rings is 1. The Balaban J connectivity index is 1.84. The Bertz CT molecular complexity index is 636. The van der Waals surface area contributed by atoms with E-state index in [1.165, 1.54) is 25.7 Å². The number of anilines is 2. The Morgan fingerprint density at radius 2 is 2.05 bits per heavy atom. The first kappa shape index (κ1) is 12.1. The van der Waals surface area contributed by atoms with Gasteiger partial charge in [0.2, 0.25) is 0 Å². The van der Waals surface area contributed by atoms with Crippen molar-refractivity contribution in [1.82, 2.24) is 4.98 Å². The highest BCUT2D eigenvalue weighted by Gasteiger charge is 2.19. The number of nitrogens with two attached hydrogens (primary N) is 1. The summed E-state index contributed by atoms with van der Waals surface area (Å²) in [5.41, 5.74) is 8.69. The maximum Gasteiger partial charge on any atom is 0.417 e. The van der Waals surface area contributed by atoms with Crippen LogP contribution in [0.5, 0.6) is 0 Å². The van der Waals surface area contributed by atoms with Gasteiger partial charge >= 0.3 is 5.76 Å². The maximum absolute atomic E-state index is 11.2. The van der Waals surface area contributed by atoms with E-state index < -0.39 is 5.76 Å². The lowest BCUT2D eigenvalue weighted by atomic mass is 9.87. The number of rotatable bonds is 2. The van der Waals surface area contributed by atoms with Crippen molar-refractivity contribution in [3.05, 3.63) is 22.7 Å². The molecule has 102 valence electrons. The maximum atomic E-state index is 11.2. The van der Waals surface area contributed by atoms with Crippen molar-refractivity contribution < 1.29 is 4.42 Å². The lowest BCUT2D eigenvalue weighted by Gasteiger charge is -2.28. The van der Waals surface area contributed by atoms with Crippen LogP contribution in [0.25, 0.3) is 11.1 Å². The third-order valence-corrected chi connectivity index (χ3v) is 3.97. The van der Waals surface area contributed by atoms with Crippen LogP contribution in [0, 0.1) is 5.92 Å². The predicted octanol–water partition coefficient (Wildman–Crippen LogP) is 2.69. The molecule has 0 bridgehead atoms. The Labute approximate surface area is 111 Å². The van der Waals surface area contributed by atoms with E-state index in [4.69, 9.17) is 10.2 Å². The molecule has 0 saturated heterocycles. The number of nitrogen functional groups attached to an aromatic ring is 1. The summed E-state index contributed by atoms with van der Waals surface area (Å²) in [4.78, 5) is 13.8. The largest absolute Gasteiger partial charge is 0.417 e. The molecule has 2 aromatic rings. The van der Waals surface area contributed by atoms with Gasteiger partial charge < -0.3 is 15.5 Å². The van der Waals surface area contributed by atoms with Crippen LogP contribution >= 0.6 is 0 Å². The van der Waals surface area contributed by atoms with Crippen molar-refractivity contribution in [2.24, 2.45) is 5.92 Å². The molecule has 5 heteroatoms. The van der Waals surface area contributed by atoms with Gasteiger partial charge in [0.05, 0.1) is 16.9 Å². The summed E-state index contributed by atoms with van der Waals surface area (Å²) >= 11 is 0. The third-order valence-electron chi connectivity index (χ3n) is 3.97. The number of aromatic nitrogens is 1. The van der Waals surface area contributed by atoms with E-state index in [2.05, 4.69) is 17.2 Å². The number of aromatic amines is 1. The third kappa shape index (κ3) is 2.45. The molecule has 3 rings (SSSR count). The zero-order chi connectivity index (χ0) is 13.4. The van der Waals surface area contributed by atoms with Crippen LogP contribution in [0.15, 0.2) is 21.3 Å². The first-order valence-corrected chi connectivity index (χ1v) is 6.80. The highest BCUT2D eigenvalue weighted by Crippen LogP contribution is 2.30. The second-order valence-corrected chi connectivity index (χ2v) is 5.55. The summed E-state index contributed by atoms with van der Waals surface area (Å²) < 4.78 is 4.99. The van der Waals surface area contributed by atoms with Gasteiger partial charge in [-0.2, -0.15) is 0 Å². The minimum absolute atomic E-state index is 0.446. The quantitative estimate of drug-likeness (QED) is 0.726. The van der Waals surface area contributed by atoms with Crippen LogP contribution in [-0.4, -0.2) is 11.0 Å². The molecule has 4 N–H and O–H groups in total. The number of hydrogen-bond donors (Lipinski definition) is 3. The molecule has 0 aliphatic heterocycles. The highest BCUT2D eigenvalue weighted by atomic mass is 16.4. The van der Waals surface area contributed by atoms with Crippen molar-refractivity contribution in [3.63, 3.8) is 0 Å². The lowest BCUT2D eigenvalue weighted by molar-refractivity contribution is 0.361. The van der Waals surface area contributed by atoms with Crippen molar-refractivity contribution in [2.45, 2.75) is 38.6 Å². The van der Waals surface area contributed by atoms with Gasteiger partial charge in [0, 0.05) is 12.1 Å². The monoisotopic (exact) mass is 261 g/mol. The summed E-state index contributed by atoms with van der Waals surface area (Å²) in [6.07, 6.45) is 4.84.